The third-order valence-corrected chi connectivity index (χ3v) is 20.1. The largest absolute Gasteiger partial charge is 0.506 e. The molecule has 6 fully saturated rings. The lowest BCUT2D eigenvalue weighted by Crippen LogP contribution is -2.64. The first-order chi connectivity index (χ1) is 44.0. The van der Waals surface area contributed by atoms with Gasteiger partial charge in [-0.1, -0.05) is 58.0 Å². The van der Waals surface area contributed by atoms with Gasteiger partial charge < -0.3 is 52.8 Å². The number of Topliss-reactive ketones (excluding diaryl/α,β-unsaturated/α-hetero) is 1. The summed E-state index contributed by atoms with van der Waals surface area (Å²) in [7, 11) is 0. The van der Waals surface area contributed by atoms with Gasteiger partial charge in [-0.05, 0) is 180 Å². The van der Waals surface area contributed by atoms with Gasteiger partial charge in [0.1, 0.15) is 85.3 Å². The summed E-state index contributed by atoms with van der Waals surface area (Å²) in [5.74, 6) is 4.61. The molecule has 8 unspecified atom stereocenters. The second kappa shape index (κ2) is 21.6. The van der Waals surface area contributed by atoms with Crippen LogP contribution in [0.25, 0.3) is 32.7 Å². The van der Waals surface area contributed by atoms with Gasteiger partial charge in [-0.15, -0.1) is 0 Å². The van der Waals surface area contributed by atoms with Gasteiger partial charge in [0.25, 0.3) is 0 Å². The van der Waals surface area contributed by atoms with E-state index < -0.39 is 11.3 Å². The first-order valence-electron chi connectivity index (χ1n) is 32.5. The molecule has 17 rings (SSSR count). The number of ketones is 1. The highest BCUT2D eigenvalue weighted by atomic mass is 16.6. The molecule has 9 aliphatic rings. The highest BCUT2D eigenvalue weighted by molar-refractivity contribution is 6.53. The maximum Gasteiger partial charge on any atom is 0.249 e. The fraction of sp³-hybridized carbons (Fsp3) is 0.368. The van der Waals surface area contributed by atoms with Crippen molar-refractivity contribution < 1.29 is 47.8 Å². The van der Waals surface area contributed by atoms with Gasteiger partial charge in [0.2, 0.25) is 22.5 Å². The predicted molar refractivity (Wildman–Crippen MR) is 349 cm³/mol. The van der Waals surface area contributed by atoms with E-state index in [2.05, 4.69) is 205 Å². The molecule has 458 valence electrons. The summed E-state index contributed by atoms with van der Waals surface area (Å²) in [5.41, 5.74) is 7.53. The number of hydrogen-bond acceptors (Lipinski definition) is 13. The SMILES string of the molecule is CC1CC(C)CC2(C1)N(c1ccc(OCC3CO3)cc1)c1cccc3c(C4=C(O)/C(=c5/ccc6c7c(cccc57)N(c5ccc(OCC7CO7)cc5)C5(CC(C)CC(C)C5)[N+]=6c5ccc(OCC6CO6)cc5)C4=O)ccc(c13)N2c1ccc(OCC2CO2)cc1. The Labute approximate surface area is 524 Å². The lowest BCUT2D eigenvalue weighted by molar-refractivity contribution is -0.109. The number of carbonyl (C=O) groups excluding carboxylic acids is 1. The molecule has 3 aliphatic carbocycles. The Balaban J connectivity index is 0.841. The quantitative estimate of drug-likeness (QED) is 0.0685. The number of anilines is 6. The van der Waals surface area contributed by atoms with Crippen LogP contribution in [0.4, 0.5) is 39.8 Å². The first-order valence-corrected chi connectivity index (χ1v) is 32.5. The van der Waals surface area contributed by atoms with E-state index in [1.54, 1.807) is 0 Å². The van der Waals surface area contributed by atoms with Crippen LogP contribution in [-0.4, -0.2) is 99.5 Å². The third-order valence-electron chi connectivity index (χ3n) is 20.1. The van der Waals surface area contributed by atoms with Crippen LogP contribution in [0.2, 0.25) is 0 Å². The van der Waals surface area contributed by atoms with Crippen LogP contribution in [0.1, 0.15) is 71.8 Å². The zero-order valence-corrected chi connectivity index (χ0v) is 51.4. The topological polar surface area (TPSA) is 137 Å². The number of aliphatic hydroxyl groups is 1. The van der Waals surface area contributed by atoms with Crippen molar-refractivity contribution in [1.29, 1.82) is 0 Å². The molecule has 8 atom stereocenters. The van der Waals surface area contributed by atoms with Gasteiger partial charge in [-0.2, -0.15) is 4.58 Å². The Bertz CT molecular complexity index is 4230. The third kappa shape index (κ3) is 9.66. The van der Waals surface area contributed by atoms with Crippen molar-refractivity contribution in [1.82, 2.24) is 4.58 Å². The monoisotopic (exact) mass is 1200 g/mol. The van der Waals surface area contributed by atoms with E-state index >= 15 is 4.79 Å². The minimum atomic E-state index is -0.539. The van der Waals surface area contributed by atoms with Crippen molar-refractivity contribution in [3.63, 3.8) is 0 Å². The maximum absolute atomic E-state index is 15.7. The Morgan fingerprint density at radius 3 is 1.36 bits per heavy atom. The number of hydrogen-bond donors (Lipinski definition) is 1. The van der Waals surface area contributed by atoms with Gasteiger partial charge in [0.05, 0.1) is 60.0 Å². The van der Waals surface area contributed by atoms with E-state index in [-0.39, 0.29) is 36.0 Å². The maximum atomic E-state index is 15.7. The van der Waals surface area contributed by atoms with Gasteiger partial charge in [-0.3, -0.25) is 9.69 Å². The molecule has 8 aromatic rings. The molecule has 6 aliphatic heterocycles. The van der Waals surface area contributed by atoms with Gasteiger partial charge >= 0.3 is 0 Å². The van der Waals surface area contributed by atoms with Crippen molar-refractivity contribution >= 4 is 78.3 Å². The normalized spacial score (nSPS) is 28.4. The molecule has 90 heavy (non-hydrogen) atoms. The van der Waals surface area contributed by atoms with Crippen LogP contribution in [0.15, 0.2) is 163 Å². The molecule has 14 nitrogen and oxygen atoms in total. The predicted octanol–water partition coefficient (Wildman–Crippen LogP) is 13.4. The summed E-state index contributed by atoms with van der Waals surface area (Å²) in [6, 6.07) is 55.6. The van der Waals surface area contributed by atoms with Crippen LogP contribution in [0, 0.1) is 23.7 Å². The standard InChI is InChI=1S/C76H74N4O10/c1-45-31-46(2)34-75(33-45)77(49-11-19-53(20-12-49)83-37-57-41-87-57)65-9-5-7-61-63(27-29-67(69(61)65)79(75)51-15-23-55(24-16-51)85-39-59-43-89-59)71-73(81)72(74(71)82)64-28-30-68-70-62(64)8-6-10-66(70)78(50-13-21-54(22-14-50)84-38-58-42-88-58)76(35-47(3)32-48(4)36-76)80(68)52-17-25-56(26-18-52)86-40-60-44-90-60/h5-30,45-48,57-60H,31-44H2,1-4H3/p+1. The summed E-state index contributed by atoms with van der Waals surface area (Å²) >= 11 is 0. The molecule has 4 saturated heterocycles. The van der Waals surface area contributed by atoms with Crippen LogP contribution in [-0.2, 0) is 23.7 Å². The smallest absolute Gasteiger partial charge is 0.249 e. The molecule has 0 amide bonds. The van der Waals surface area contributed by atoms with Crippen LogP contribution in [0.3, 0.4) is 0 Å². The van der Waals surface area contributed by atoms with E-state index in [1.165, 1.54) is 0 Å². The summed E-state index contributed by atoms with van der Waals surface area (Å²) < 4.78 is 49.4. The number of epoxide rings is 4. The Hall–Kier alpha value is -8.40. The minimum absolute atomic E-state index is 0.00741. The van der Waals surface area contributed by atoms with E-state index in [0.717, 1.165) is 155 Å². The van der Waals surface area contributed by atoms with Crippen molar-refractivity contribution in [2.45, 2.75) is 102 Å². The lowest BCUT2D eigenvalue weighted by Gasteiger charge is -2.59. The molecule has 1 N–H and O–H groups in total. The van der Waals surface area contributed by atoms with Gasteiger partial charge in [-0.25, -0.2) is 0 Å². The van der Waals surface area contributed by atoms with Crippen molar-refractivity contribution in [2.24, 2.45) is 23.7 Å². The zero-order valence-electron chi connectivity index (χ0n) is 51.4. The van der Waals surface area contributed by atoms with Crippen LogP contribution >= 0.6 is 0 Å². The molecule has 14 heteroatoms. The number of rotatable bonds is 17. The zero-order chi connectivity index (χ0) is 60.6. The molecule has 2 saturated carbocycles. The Morgan fingerprint density at radius 1 is 0.467 bits per heavy atom. The molecule has 2 spiro atoms. The molecule has 8 aromatic carbocycles. The second-order valence-electron chi connectivity index (χ2n) is 27.1. The molecule has 0 radical (unpaired) electrons. The second-order valence-corrected chi connectivity index (χ2v) is 27.1. The van der Waals surface area contributed by atoms with E-state index in [0.29, 0.717) is 72.0 Å². The van der Waals surface area contributed by atoms with E-state index in [9.17, 15) is 5.11 Å². The van der Waals surface area contributed by atoms with Gasteiger partial charge in [0.15, 0.2) is 0 Å². The lowest BCUT2D eigenvalue weighted by atomic mass is 9.72. The Kier molecular flexibility index (Phi) is 13.4. The number of nitrogens with zero attached hydrogens (tertiary/aromatic N) is 4. The number of carbonyl (C=O) groups is 1. The number of allylic oxidation sites excluding steroid dienone is 2. The number of ether oxygens (including phenoxy) is 8. The first kappa shape index (κ1) is 55.6. The average molecular weight is 1200 g/mol. The summed E-state index contributed by atoms with van der Waals surface area (Å²) in [6.07, 6.45) is 6.37. The van der Waals surface area contributed by atoms with E-state index in [4.69, 9.17) is 37.9 Å². The summed E-state index contributed by atoms with van der Waals surface area (Å²) in [6.45, 7) is 14.5. The molecule has 0 aromatic heterocycles. The van der Waals surface area contributed by atoms with E-state index in [1.807, 2.05) is 0 Å². The molecular formula is C76H75N4O10+. The fourth-order valence-electron chi connectivity index (χ4n) is 16.5. The van der Waals surface area contributed by atoms with Crippen molar-refractivity contribution in [3.05, 3.63) is 180 Å². The molecular weight excluding hydrogens is 1130 g/mol. The number of aliphatic hydroxyl groups excluding tert-OH is 1. The number of benzene rings is 8. The Morgan fingerprint density at radius 2 is 0.889 bits per heavy atom. The molecule has 6 heterocycles. The highest BCUT2D eigenvalue weighted by Crippen LogP contribution is 2.59. The highest BCUT2D eigenvalue weighted by Gasteiger charge is 2.57. The van der Waals surface area contributed by atoms with Crippen molar-refractivity contribution in [3.8, 4) is 23.0 Å². The summed E-state index contributed by atoms with van der Waals surface area (Å²) in [4.78, 5) is 23.4. The van der Waals surface area contributed by atoms with Gasteiger partial charge in [0, 0.05) is 53.5 Å². The van der Waals surface area contributed by atoms with Crippen molar-refractivity contribution in [2.75, 3.05) is 67.6 Å². The average Bonchev–Trinajstić information content (AvgIpc) is 1.57. The fourth-order valence-corrected chi connectivity index (χ4v) is 16.5. The van der Waals surface area contributed by atoms with Crippen LogP contribution in [0.5, 0.6) is 23.0 Å². The molecule has 0 bridgehead atoms. The van der Waals surface area contributed by atoms with Crippen LogP contribution < -0.4 is 48.8 Å². The summed E-state index contributed by atoms with van der Waals surface area (Å²) in [5, 5.41) is 18.5. The minimum Gasteiger partial charge on any atom is -0.506 e.